The molecule has 31 heavy (non-hydrogen) atoms. The number of ether oxygens (including phenoxy) is 2. The van der Waals surface area contributed by atoms with Gasteiger partial charge in [-0.05, 0) is 44.2 Å². The van der Waals surface area contributed by atoms with Gasteiger partial charge in [0.1, 0.15) is 28.9 Å². The molecule has 0 bridgehead atoms. The molecule has 1 saturated heterocycles. The molecule has 2 aromatic carbocycles. The number of hydrogen-bond acceptors (Lipinski definition) is 6. The Morgan fingerprint density at radius 3 is 2.48 bits per heavy atom. The minimum Gasteiger partial charge on any atom is -0.494 e. The lowest BCUT2D eigenvalue weighted by Crippen LogP contribution is -2.47. The van der Waals surface area contributed by atoms with E-state index in [1.165, 1.54) is 0 Å². The van der Waals surface area contributed by atoms with Crippen LogP contribution in [0, 0.1) is 0 Å². The molecular formula is C24H27N5O2. The quantitative estimate of drug-likeness (QED) is 0.506. The summed E-state index contributed by atoms with van der Waals surface area (Å²) in [5.41, 5.74) is 4.12. The fraction of sp³-hybridized carbons (Fsp3) is 0.333. The molecule has 7 heteroatoms. The fourth-order valence-corrected chi connectivity index (χ4v) is 4.31. The molecule has 2 aromatic heterocycles. The number of H-pyrrole nitrogens is 1. The molecule has 0 unspecified atom stereocenters. The smallest absolute Gasteiger partial charge is 0.156 e. The summed E-state index contributed by atoms with van der Waals surface area (Å²) < 4.78 is 11.5. The van der Waals surface area contributed by atoms with E-state index in [1.54, 1.807) is 6.33 Å². The fourth-order valence-electron chi connectivity index (χ4n) is 4.31. The first kappa shape index (κ1) is 19.5. The van der Waals surface area contributed by atoms with Gasteiger partial charge < -0.3 is 24.3 Å². The highest BCUT2D eigenvalue weighted by Gasteiger charge is 2.23. The third-order valence-electron chi connectivity index (χ3n) is 5.73. The molecule has 1 aliphatic rings. The third-order valence-corrected chi connectivity index (χ3v) is 5.73. The lowest BCUT2D eigenvalue weighted by atomic mass is 10.2. The summed E-state index contributed by atoms with van der Waals surface area (Å²) >= 11 is 0. The lowest BCUT2D eigenvalue weighted by Gasteiger charge is -2.37. The summed E-state index contributed by atoms with van der Waals surface area (Å²) in [4.78, 5) is 17.5. The molecule has 160 valence electrons. The van der Waals surface area contributed by atoms with E-state index in [1.807, 2.05) is 38.1 Å². The number of hydrogen-bond donors (Lipinski definition) is 1. The van der Waals surface area contributed by atoms with Crippen molar-refractivity contribution in [2.24, 2.45) is 0 Å². The van der Waals surface area contributed by atoms with Crippen LogP contribution < -0.4 is 19.3 Å². The number of para-hydroxylation sites is 2. The summed E-state index contributed by atoms with van der Waals surface area (Å²) in [6.45, 7) is 8.90. The number of nitrogens with zero attached hydrogens (tertiary/aromatic N) is 4. The topological polar surface area (TPSA) is 66.5 Å². The van der Waals surface area contributed by atoms with Gasteiger partial charge in [0.15, 0.2) is 5.82 Å². The van der Waals surface area contributed by atoms with Crippen molar-refractivity contribution in [1.29, 1.82) is 0 Å². The van der Waals surface area contributed by atoms with E-state index < -0.39 is 0 Å². The van der Waals surface area contributed by atoms with Crippen molar-refractivity contribution in [1.82, 2.24) is 15.0 Å². The van der Waals surface area contributed by atoms with Crippen LogP contribution in [0.3, 0.4) is 0 Å². The van der Waals surface area contributed by atoms with Crippen LogP contribution in [0.4, 0.5) is 11.5 Å². The zero-order chi connectivity index (χ0) is 21.2. The van der Waals surface area contributed by atoms with Crippen molar-refractivity contribution < 1.29 is 9.47 Å². The number of fused-ring (bicyclic) bond motifs is 3. The summed E-state index contributed by atoms with van der Waals surface area (Å²) in [7, 11) is 0. The second-order valence-corrected chi connectivity index (χ2v) is 7.56. The molecule has 0 amide bonds. The van der Waals surface area contributed by atoms with Crippen LogP contribution >= 0.6 is 0 Å². The first-order valence-electron chi connectivity index (χ1n) is 10.9. The summed E-state index contributed by atoms with van der Waals surface area (Å²) in [6, 6.07) is 14.4. The second kappa shape index (κ2) is 8.34. The second-order valence-electron chi connectivity index (χ2n) is 7.56. The lowest BCUT2D eigenvalue weighted by molar-refractivity contribution is 0.340. The Balaban J connectivity index is 1.42. The van der Waals surface area contributed by atoms with Crippen LogP contribution in [-0.2, 0) is 0 Å². The Bertz CT molecular complexity index is 1200. The number of rotatable bonds is 6. The first-order valence-corrected chi connectivity index (χ1v) is 10.9. The van der Waals surface area contributed by atoms with Crippen molar-refractivity contribution in [2.75, 3.05) is 49.2 Å². The number of nitrogens with one attached hydrogen (secondary N) is 1. The van der Waals surface area contributed by atoms with Gasteiger partial charge in [0.05, 0.1) is 18.9 Å². The molecule has 5 rings (SSSR count). The average Bonchev–Trinajstić information content (AvgIpc) is 3.18. The highest BCUT2D eigenvalue weighted by Crippen LogP contribution is 2.33. The normalized spacial score (nSPS) is 14.4. The van der Waals surface area contributed by atoms with E-state index in [9.17, 15) is 0 Å². The number of piperazine rings is 1. The molecule has 1 aliphatic heterocycles. The van der Waals surface area contributed by atoms with Crippen molar-refractivity contribution in [2.45, 2.75) is 13.8 Å². The van der Waals surface area contributed by atoms with Crippen LogP contribution in [0.1, 0.15) is 13.8 Å². The number of aromatic nitrogens is 3. The molecule has 0 atom stereocenters. The van der Waals surface area contributed by atoms with Gasteiger partial charge in [0.25, 0.3) is 0 Å². The minimum absolute atomic E-state index is 0.644. The van der Waals surface area contributed by atoms with Gasteiger partial charge in [0, 0.05) is 37.1 Å². The Morgan fingerprint density at radius 2 is 1.68 bits per heavy atom. The van der Waals surface area contributed by atoms with Gasteiger partial charge in [0.2, 0.25) is 0 Å². The van der Waals surface area contributed by atoms with Crippen molar-refractivity contribution >= 4 is 33.4 Å². The van der Waals surface area contributed by atoms with E-state index in [4.69, 9.17) is 9.47 Å². The van der Waals surface area contributed by atoms with Crippen LogP contribution in [0.15, 0.2) is 48.8 Å². The monoisotopic (exact) mass is 417 g/mol. The van der Waals surface area contributed by atoms with Gasteiger partial charge in [-0.3, -0.25) is 0 Å². The maximum Gasteiger partial charge on any atom is 0.156 e. The summed E-state index contributed by atoms with van der Waals surface area (Å²) in [6.07, 6.45) is 1.66. The maximum atomic E-state index is 5.83. The largest absolute Gasteiger partial charge is 0.494 e. The molecule has 1 fully saturated rings. The van der Waals surface area contributed by atoms with Crippen molar-refractivity contribution in [3.63, 3.8) is 0 Å². The zero-order valence-electron chi connectivity index (χ0n) is 18.0. The number of benzene rings is 2. The first-order chi connectivity index (χ1) is 15.3. The van der Waals surface area contributed by atoms with Gasteiger partial charge in [-0.25, -0.2) is 9.97 Å². The van der Waals surface area contributed by atoms with E-state index in [0.717, 1.165) is 71.1 Å². The Morgan fingerprint density at radius 1 is 0.903 bits per heavy atom. The maximum absolute atomic E-state index is 5.83. The van der Waals surface area contributed by atoms with Crippen molar-refractivity contribution in [3.05, 3.63) is 48.8 Å². The molecular weight excluding hydrogens is 390 g/mol. The number of aromatic amines is 1. The van der Waals surface area contributed by atoms with E-state index in [2.05, 4.69) is 43.0 Å². The molecule has 3 heterocycles. The molecule has 0 radical (unpaired) electrons. The molecule has 0 saturated carbocycles. The van der Waals surface area contributed by atoms with Crippen LogP contribution in [-0.4, -0.2) is 54.3 Å². The Kier molecular flexibility index (Phi) is 5.24. The summed E-state index contributed by atoms with van der Waals surface area (Å²) in [5, 5.41) is 1.06. The Labute approximate surface area is 181 Å². The van der Waals surface area contributed by atoms with Crippen LogP contribution in [0.2, 0.25) is 0 Å². The van der Waals surface area contributed by atoms with Crippen molar-refractivity contribution in [3.8, 4) is 11.5 Å². The van der Waals surface area contributed by atoms with Gasteiger partial charge in [-0.1, -0.05) is 12.1 Å². The average molecular weight is 418 g/mol. The molecule has 1 N–H and O–H groups in total. The molecule has 4 aromatic rings. The highest BCUT2D eigenvalue weighted by atomic mass is 16.5. The van der Waals surface area contributed by atoms with Gasteiger partial charge in [-0.2, -0.15) is 0 Å². The van der Waals surface area contributed by atoms with Crippen LogP contribution in [0.25, 0.3) is 21.9 Å². The third kappa shape index (κ3) is 3.60. The highest BCUT2D eigenvalue weighted by molar-refractivity contribution is 6.08. The number of anilines is 2. The predicted molar refractivity (Wildman–Crippen MR) is 125 cm³/mol. The molecule has 7 nitrogen and oxygen atoms in total. The molecule has 0 spiro atoms. The van der Waals surface area contributed by atoms with E-state index in [0.29, 0.717) is 13.2 Å². The van der Waals surface area contributed by atoms with Gasteiger partial charge >= 0.3 is 0 Å². The standard InChI is InChI=1S/C24H27N5O2/c1-3-30-17-9-10-19-18(15-17)22-23(27-19)24(26-16-25-22)29-13-11-28(12-14-29)20-7-5-6-8-21(20)31-4-2/h5-10,15-16,27H,3-4,11-14H2,1-2H3. The summed E-state index contributed by atoms with van der Waals surface area (Å²) in [5.74, 6) is 2.76. The molecule has 0 aliphatic carbocycles. The van der Waals surface area contributed by atoms with E-state index in [-0.39, 0.29) is 0 Å². The predicted octanol–water partition coefficient (Wildman–Crippen LogP) is 4.24. The minimum atomic E-state index is 0.644. The SMILES string of the molecule is CCOc1ccc2[nH]c3c(N4CCN(c5ccccc5OCC)CC4)ncnc3c2c1. The Hall–Kier alpha value is -3.48. The van der Waals surface area contributed by atoms with Crippen LogP contribution in [0.5, 0.6) is 11.5 Å². The zero-order valence-corrected chi connectivity index (χ0v) is 18.0. The van der Waals surface area contributed by atoms with Gasteiger partial charge in [-0.15, -0.1) is 0 Å². The van der Waals surface area contributed by atoms with E-state index >= 15 is 0 Å².